The Morgan fingerprint density at radius 1 is 1.33 bits per heavy atom. The van der Waals surface area contributed by atoms with Gasteiger partial charge in [-0.15, -0.1) is 11.3 Å². The van der Waals surface area contributed by atoms with E-state index in [0.29, 0.717) is 24.4 Å². The molecule has 0 aliphatic carbocycles. The van der Waals surface area contributed by atoms with E-state index in [4.69, 9.17) is 5.73 Å². The van der Waals surface area contributed by atoms with Crippen molar-refractivity contribution in [3.8, 4) is 0 Å². The minimum absolute atomic E-state index is 0.307. The van der Waals surface area contributed by atoms with Gasteiger partial charge < -0.3 is 5.73 Å². The first kappa shape index (κ1) is 16.1. The second-order valence-electron chi connectivity index (χ2n) is 4.81. The van der Waals surface area contributed by atoms with Crippen molar-refractivity contribution in [3.05, 3.63) is 45.4 Å². The molecule has 0 atom stereocenters. The number of aromatic nitrogens is 1. The van der Waals surface area contributed by atoms with Crippen molar-refractivity contribution in [1.29, 1.82) is 0 Å². The second-order valence-corrected chi connectivity index (χ2v) is 7.53. The van der Waals surface area contributed by atoms with Gasteiger partial charge in [-0.3, -0.25) is 0 Å². The molecular formula is C14H19N3O2S2. The molecule has 21 heavy (non-hydrogen) atoms. The molecule has 2 rings (SSSR count). The van der Waals surface area contributed by atoms with Gasteiger partial charge in [0.15, 0.2) is 0 Å². The number of hydrogen-bond donors (Lipinski definition) is 2. The van der Waals surface area contributed by atoms with Gasteiger partial charge in [-0.25, -0.2) is 18.1 Å². The molecule has 1 aromatic heterocycles. The van der Waals surface area contributed by atoms with Crippen molar-refractivity contribution in [3.63, 3.8) is 0 Å². The van der Waals surface area contributed by atoms with Gasteiger partial charge in [0.1, 0.15) is 0 Å². The van der Waals surface area contributed by atoms with Crippen LogP contribution in [0.4, 0.5) is 0 Å². The third kappa shape index (κ3) is 3.88. The van der Waals surface area contributed by atoms with Crippen LogP contribution in [-0.4, -0.2) is 19.9 Å². The van der Waals surface area contributed by atoms with Gasteiger partial charge in [0.05, 0.1) is 9.90 Å². The van der Waals surface area contributed by atoms with Crippen molar-refractivity contribution in [2.75, 3.05) is 6.54 Å². The minimum atomic E-state index is -3.53. The Kier molecular flexibility index (Phi) is 5.10. The first-order chi connectivity index (χ1) is 9.94. The van der Waals surface area contributed by atoms with Gasteiger partial charge >= 0.3 is 0 Å². The van der Waals surface area contributed by atoms with E-state index in [-0.39, 0.29) is 0 Å². The van der Waals surface area contributed by atoms with Gasteiger partial charge in [0.2, 0.25) is 10.0 Å². The van der Waals surface area contributed by atoms with Gasteiger partial charge in [0.25, 0.3) is 0 Å². The van der Waals surface area contributed by atoms with E-state index in [1.807, 2.05) is 25.3 Å². The van der Waals surface area contributed by atoms with Crippen molar-refractivity contribution >= 4 is 21.4 Å². The van der Waals surface area contributed by atoms with Crippen molar-refractivity contribution in [1.82, 2.24) is 9.71 Å². The lowest BCUT2D eigenvalue weighted by Crippen LogP contribution is -2.27. The largest absolute Gasteiger partial charge is 0.326 e. The maximum atomic E-state index is 12.4. The van der Waals surface area contributed by atoms with E-state index in [0.717, 1.165) is 21.7 Å². The molecule has 0 amide bonds. The van der Waals surface area contributed by atoms with E-state index in [9.17, 15) is 8.42 Å². The van der Waals surface area contributed by atoms with Gasteiger partial charge in [-0.05, 0) is 36.6 Å². The maximum Gasteiger partial charge on any atom is 0.240 e. The normalized spacial score (nSPS) is 11.8. The van der Waals surface area contributed by atoms with Crippen LogP contribution in [0.15, 0.2) is 28.6 Å². The molecule has 114 valence electrons. The molecule has 0 saturated carbocycles. The summed E-state index contributed by atoms with van der Waals surface area (Å²) >= 11 is 1.52. The van der Waals surface area contributed by atoms with Crippen LogP contribution in [0, 0.1) is 13.8 Å². The van der Waals surface area contributed by atoms with E-state index in [1.54, 1.807) is 12.3 Å². The highest BCUT2D eigenvalue weighted by Gasteiger charge is 2.18. The number of rotatable bonds is 6. The van der Waals surface area contributed by atoms with Crippen LogP contribution < -0.4 is 10.5 Å². The Morgan fingerprint density at radius 3 is 2.71 bits per heavy atom. The molecule has 0 fully saturated rings. The zero-order chi connectivity index (χ0) is 15.5. The lowest BCUT2D eigenvalue weighted by molar-refractivity contribution is 0.580. The number of nitrogens with one attached hydrogen (secondary N) is 1. The third-order valence-electron chi connectivity index (χ3n) is 3.32. The summed E-state index contributed by atoms with van der Waals surface area (Å²) in [6.07, 6.45) is 2.30. The summed E-state index contributed by atoms with van der Waals surface area (Å²) in [6.45, 7) is 4.36. The zero-order valence-electron chi connectivity index (χ0n) is 12.1. The van der Waals surface area contributed by atoms with E-state index >= 15 is 0 Å². The summed E-state index contributed by atoms with van der Waals surface area (Å²) in [4.78, 5) is 4.44. The molecule has 7 heteroatoms. The molecule has 0 bridgehead atoms. The highest BCUT2D eigenvalue weighted by atomic mass is 32.2. The van der Waals surface area contributed by atoms with Crippen LogP contribution in [0.25, 0.3) is 0 Å². The van der Waals surface area contributed by atoms with Crippen LogP contribution in [0.5, 0.6) is 0 Å². The Hall–Kier alpha value is -1.28. The summed E-state index contributed by atoms with van der Waals surface area (Å²) in [5.74, 6) is 0. The van der Waals surface area contributed by atoms with Crippen LogP contribution in [0.2, 0.25) is 0 Å². The number of aryl methyl sites for hydroxylation is 1. The van der Waals surface area contributed by atoms with Crippen LogP contribution >= 0.6 is 11.3 Å². The summed E-state index contributed by atoms with van der Waals surface area (Å²) in [6, 6.07) is 3.57. The molecular weight excluding hydrogens is 306 g/mol. The molecule has 0 radical (unpaired) electrons. The topological polar surface area (TPSA) is 85.1 Å². The molecule has 5 nitrogen and oxygen atoms in total. The van der Waals surface area contributed by atoms with E-state index in [2.05, 4.69) is 9.71 Å². The first-order valence-electron chi connectivity index (χ1n) is 6.62. The molecule has 0 aliphatic rings. The predicted octanol–water partition coefficient (Wildman–Crippen LogP) is 1.74. The number of benzene rings is 1. The number of sulfonamides is 1. The average Bonchev–Trinajstić information content (AvgIpc) is 2.94. The maximum absolute atomic E-state index is 12.4. The molecule has 2 aromatic rings. The Bertz CT molecular complexity index is 710. The summed E-state index contributed by atoms with van der Waals surface area (Å²) in [7, 11) is -3.53. The summed E-state index contributed by atoms with van der Waals surface area (Å²) < 4.78 is 27.5. The van der Waals surface area contributed by atoms with Gasteiger partial charge in [0, 0.05) is 31.1 Å². The average molecular weight is 325 g/mol. The molecule has 0 saturated heterocycles. The fourth-order valence-electron chi connectivity index (χ4n) is 2.04. The number of thiazole rings is 1. The fourth-order valence-corrected chi connectivity index (χ4v) is 4.06. The van der Waals surface area contributed by atoms with Crippen molar-refractivity contribution < 1.29 is 8.42 Å². The molecule has 0 spiro atoms. The lowest BCUT2D eigenvalue weighted by Gasteiger charge is -2.13. The molecule has 1 heterocycles. The number of nitrogens with two attached hydrogens (primary N) is 1. The zero-order valence-corrected chi connectivity index (χ0v) is 13.7. The van der Waals surface area contributed by atoms with E-state index < -0.39 is 10.0 Å². The number of hydrogen-bond acceptors (Lipinski definition) is 5. The highest BCUT2D eigenvalue weighted by molar-refractivity contribution is 7.89. The highest BCUT2D eigenvalue weighted by Crippen LogP contribution is 2.21. The minimum Gasteiger partial charge on any atom is -0.326 e. The third-order valence-corrected chi connectivity index (χ3v) is 5.75. The van der Waals surface area contributed by atoms with Crippen molar-refractivity contribution in [2.24, 2.45) is 5.73 Å². The first-order valence-corrected chi connectivity index (χ1v) is 8.98. The SMILES string of the molecule is Cc1cc(CN)cc(S(=O)(=O)NCCc2nccs2)c1C. The molecule has 0 aliphatic heterocycles. The van der Waals surface area contributed by atoms with Gasteiger partial charge in [-0.2, -0.15) is 0 Å². The number of nitrogens with zero attached hydrogens (tertiary/aromatic N) is 1. The quantitative estimate of drug-likeness (QED) is 0.847. The Morgan fingerprint density at radius 2 is 2.10 bits per heavy atom. The van der Waals surface area contributed by atoms with Crippen LogP contribution in [0.1, 0.15) is 21.7 Å². The van der Waals surface area contributed by atoms with Crippen molar-refractivity contribution in [2.45, 2.75) is 31.7 Å². The molecule has 3 N–H and O–H groups in total. The predicted molar refractivity (Wildman–Crippen MR) is 84.8 cm³/mol. The molecule has 0 unspecified atom stereocenters. The molecule has 1 aromatic carbocycles. The van der Waals surface area contributed by atoms with E-state index in [1.165, 1.54) is 11.3 Å². The summed E-state index contributed by atoms with van der Waals surface area (Å²) in [5.41, 5.74) is 8.13. The Labute approximate surface area is 129 Å². The Balaban J connectivity index is 2.17. The van der Waals surface area contributed by atoms with Crippen LogP contribution in [-0.2, 0) is 23.0 Å². The van der Waals surface area contributed by atoms with Crippen LogP contribution in [0.3, 0.4) is 0 Å². The summed E-state index contributed by atoms with van der Waals surface area (Å²) in [5, 5.41) is 2.79. The lowest BCUT2D eigenvalue weighted by atomic mass is 10.1. The smallest absolute Gasteiger partial charge is 0.240 e. The fraction of sp³-hybridized carbons (Fsp3) is 0.357. The second kappa shape index (κ2) is 6.65. The van der Waals surface area contributed by atoms with Gasteiger partial charge in [-0.1, -0.05) is 6.07 Å². The monoisotopic (exact) mass is 325 g/mol. The standard InChI is InChI=1S/C14H19N3O2S2/c1-10-7-12(9-15)8-13(11(10)2)21(18,19)17-4-3-14-16-5-6-20-14/h5-8,17H,3-4,9,15H2,1-2H3.